The fraction of sp³-hybridized carbons (Fsp3) is 0.379. The third-order valence-corrected chi connectivity index (χ3v) is 7.73. The zero-order chi connectivity index (χ0) is 23.9. The summed E-state index contributed by atoms with van der Waals surface area (Å²) in [6, 6.07) is 22.3. The van der Waals surface area contributed by atoms with Crippen molar-refractivity contribution in [3.8, 4) is 0 Å². The van der Waals surface area contributed by atoms with Crippen molar-refractivity contribution in [2.75, 3.05) is 19.6 Å². The van der Waals surface area contributed by atoms with E-state index in [1.54, 1.807) is 16.2 Å². The first kappa shape index (κ1) is 24.2. The van der Waals surface area contributed by atoms with Crippen LogP contribution in [0.15, 0.2) is 72.1 Å². The van der Waals surface area contributed by atoms with Crippen LogP contribution in [-0.4, -0.2) is 41.2 Å². The second kappa shape index (κ2) is 11.5. The Hall–Kier alpha value is -2.92. The van der Waals surface area contributed by atoms with Crippen LogP contribution in [-0.2, 0) is 16.0 Å². The zero-order valence-electron chi connectivity index (χ0n) is 20.2. The summed E-state index contributed by atoms with van der Waals surface area (Å²) in [5, 5.41) is 2.12. The van der Waals surface area contributed by atoms with Crippen LogP contribution in [0, 0.1) is 0 Å². The fourth-order valence-corrected chi connectivity index (χ4v) is 5.81. The van der Waals surface area contributed by atoms with Gasteiger partial charge in [0.15, 0.2) is 0 Å². The first-order valence-corrected chi connectivity index (χ1v) is 13.3. The Morgan fingerprint density at radius 2 is 1.74 bits per heavy atom. The molecule has 2 aromatic carbocycles. The molecular formula is C29H34N2O2S. The highest BCUT2D eigenvalue weighted by molar-refractivity contribution is 7.10. The zero-order valence-corrected chi connectivity index (χ0v) is 21.0. The van der Waals surface area contributed by atoms with E-state index in [2.05, 4.69) is 30.5 Å². The lowest BCUT2D eigenvalue weighted by Crippen LogP contribution is -2.47. The molecule has 2 unspecified atom stereocenters. The molecule has 0 N–H and O–H groups in total. The molecule has 1 aromatic heterocycles. The Balaban J connectivity index is 1.59. The number of carbonyl (C=O) groups is 2. The second-order valence-corrected chi connectivity index (χ2v) is 9.94. The van der Waals surface area contributed by atoms with E-state index in [-0.39, 0.29) is 30.3 Å². The number of nitrogens with zero attached hydrogens (tertiary/aromatic N) is 2. The van der Waals surface area contributed by atoms with Gasteiger partial charge in [0.05, 0.1) is 18.5 Å². The van der Waals surface area contributed by atoms with Gasteiger partial charge in [0, 0.05) is 18.0 Å². The van der Waals surface area contributed by atoms with E-state index in [0.717, 1.165) is 30.4 Å². The average molecular weight is 475 g/mol. The maximum Gasteiger partial charge on any atom is 0.242 e. The molecule has 178 valence electrons. The van der Waals surface area contributed by atoms with Gasteiger partial charge in [-0.3, -0.25) is 9.59 Å². The Bertz CT molecular complexity index is 1080. The molecule has 0 spiro atoms. The minimum absolute atomic E-state index is 0.0260. The van der Waals surface area contributed by atoms with Crippen molar-refractivity contribution in [2.24, 2.45) is 0 Å². The lowest BCUT2D eigenvalue weighted by Gasteiger charge is -2.38. The van der Waals surface area contributed by atoms with Crippen molar-refractivity contribution in [3.63, 3.8) is 0 Å². The molecule has 0 bridgehead atoms. The molecule has 0 radical (unpaired) electrons. The SMILES string of the molecule is CCCCN(CC(=O)N1CCc2sccc2C1c1ccccc1)C(=O)C(CC)c1ccccc1. The maximum absolute atomic E-state index is 13.8. The number of thiophene rings is 1. The molecule has 4 nitrogen and oxygen atoms in total. The topological polar surface area (TPSA) is 40.6 Å². The number of hydrogen-bond acceptors (Lipinski definition) is 3. The lowest BCUT2D eigenvalue weighted by atomic mass is 9.93. The van der Waals surface area contributed by atoms with Crippen molar-refractivity contribution >= 4 is 23.2 Å². The molecule has 1 aliphatic heterocycles. The van der Waals surface area contributed by atoms with Crippen LogP contribution in [0.3, 0.4) is 0 Å². The average Bonchev–Trinajstić information content (AvgIpc) is 3.36. The largest absolute Gasteiger partial charge is 0.333 e. The molecule has 0 saturated carbocycles. The second-order valence-electron chi connectivity index (χ2n) is 8.93. The molecule has 34 heavy (non-hydrogen) atoms. The van der Waals surface area contributed by atoms with Gasteiger partial charge >= 0.3 is 0 Å². The fourth-order valence-electron chi connectivity index (χ4n) is 4.91. The summed E-state index contributed by atoms with van der Waals surface area (Å²) in [6.07, 6.45) is 3.45. The molecule has 3 aromatic rings. The monoisotopic (exact) mass is 474 g/mol. The molecule has 1 aliphatic rings. The van der Waals surface area contributed by atoms with E-state index in [4.69, 9.17) is 0 Å². The number of unbranched alkanes of at least 4 members (excludes halogenated alkanes) is 1. The van der Waals surface area contributed by atoms with Crippen molar-refractivity contribution in [3.05, 3.63) is 93.7 Å². The summed E-state index contributed by atoms with van der Waals surface area (Å²) in [6.45, 7) is 5.58. The van der Waals surface area contributed by atoms with Gasteiger partial charge in [0.1, 0.15) is 0 Å². The van der Waals surface area contributed by atoms with E-state index in [1.165, 1.54) is 10.4 Å². The summed E-state index contributed by atoms with van der Waals surface area (Å²) >= 11 is 1.77. The summed E-state index contributed by atoms with van der Waals surface area (Å²) in [4.78, 5) is 32.6. The van der Waals surface area contributed by atoms with E-state index in [9.17, 15) is 9.59 Å². The highest BCUT2D eigenvalue weighted by atomic mass is 32.1. The molecule has 2 atom stereocenters. The molecule has 2 heterocycles. The van der Waals surface area contributed by atoms with Gasteiger partial charge in [-0.2, -0.15) is 0 Å². The molecule has 4 rings (SSSR count). The molecule has 2 amide bonds. The number of benzene rings is 2. The van der Waals surface area contributed by atoms with Gasteiger partial charge in [-0.1, -0.05) is 80.9 Å². The highest BCUT2D eigenvalue weighted by Gasteiger charge is 2.34. The number of carbonyl (C=O) groups excluding carboxylic acids is 2. The van der Waals surface area contributed by atoms with Gasteiger partial charge in [0.2, 0.25) is 11.8 Å². The molecular weight excluding hydrogens is 440 g/mol. The standard InChI is InChI=1S/C29H34N2O2S/c1-3-5-18-30(29(33)24(4-2)22-12-8-6-9-13-22)21-27(32)31-19-16-26-25(17-20-34-26)28(31)23-14-10-7-11-15-23/h6-15,17,20,24,28H,3-5,16,18-19,21H2,1-2H3. The highest BCUT2D eigenvalue weighted by Crippen LogP contribution is 2.38. The Morgan fingerprint density at radius 1 is 1.03 bits per heavy atom. The van der Waals surface area contributed by atoms with E-state index in [1.807, 2.05) is 60.4 Å². The summed E-state index contributed by atoms with van der Waals surface area (Å²) < 4.78 is 0. The van der Waals surface area contributed by atoms with Crippen LogP contribution in [0.4, 0.5) is 0 Å². The molecule has 0 fully saturated rings. The first-order chi connectivity index (χ1) is 16.6. The summed E-state index contributed by atoms with van der Waals surface area (Å²) in [7, 11) is 0. The Kier molecular flexibility index (Phi) is 8.17. The quantitative estimate of drug-likeness (QED) is 0.379. The third kappa shape index (κ3) is 5.25. The summed E-state index contributed by atoms with van der Waals surface area (Å²) in [5.41, 5.74) is 3.36. The van der Waals surface area contributed by atoms with Crippen molar-refractivity contribution in [1.82, 2.24) is 9.80 Å². The molecule has 5 heteroatoms. The summed E-state index contributed by atoms with van der Waals surface area (Å²) in [5.74, 6) is -0.140. The van der Waals surface area contributed by atoms with Crippen LogP contribution >= 0.6 is 11.3 Å². The van der Waals surface area contributed by atoms with Gasteiger partial charge in [-0.15, -0.1) is 11.3 Å². The predicted molar refractivity (Wildman–Crippen MR) is 139 cm³/mol. The third-order valence-electron chi connectivity index (χ3n) is 6.73. The van der Waals surface area contributed by atoms with Crippen LogP contribution in [0.1, 0.15) is 66.6 Å². The van der Waals surface area contributed by atoms with Crippen molar-refractivity contribution in [1.29, 1.82) is 0 Å². The minimum Gasteiger partial charge on any atom is -0.333 e. The van der Waals surface area contributed by atoms with Gasteiger partial charge in [-0.25, -0.2) is 0 Å². The van der Waals surface area contributed by atoms with Crippen molar-refractivity contribution < 1.29 is 9.59 Å². The number of fused-ring (bicyclic) bond motifs is 1. The number of rotatable bonds is 9. The van der Waals surface area contributed by atoms with Crippen molar-refractivity contribution in [2.45, 2.75) is 51.5 Å². The Labute approximate surface area is 207 Å². The minimum atomic E-state index is -0.222. The van der Waals surface area contributed by atoms with E-state index >= 15 is 0 Å². The molecule has 0 aliphatic carbocycles. The maximum atomic E-state index is 13.8. The van der Waals surface area contributed by atoms with E-state index < -0.39 is 0 Å². The normalized spacial score (nSPS) is 16.1. The van der Waals surface area contributed by atoms with Crippen LogP contribution in [0.2, 0.25) is 0 Å². The number of amides is 2. The van der Waals surface area contributed by atoms with Crippen LogP contribution in [0.5, 0.6) is 0 Å². The van der Waals surface area contributed by atoms with Gasteiger partial charge in [0.25, 0.3) is 0 Å². The first-order valence-electron chi connectivity index (χ1n) is 12.4. The Morgan fingerprint density at radius 3 is 2.41 bits per heavy atom. The molecule has 0 saturated heterocycles. The van der Waals surface area contributed by atoms with Crippen LogP contribution < -0.4 is 0 Å². The lowest BCUT2D eigenvalue weighted by molar-refractivity contribution is -0.142. The smallest absolute Gasteiger partial charge is 0.242 e. The van der Waals surface area contributed by atoms with Crippen LogP contribution in [0.25, 0.3) is 0 Å². The predicted octanol–water partition coefficient (Wildman–Crippen LogP) is 6.04. The van der Waals surface area contributed by atoms with Gasteiger partial charge < -0.3 is 9.80 Å². The van der Waals surface area contributed by atoms with Gasteiger partial charge in [-0.05, 0) is 47.4 Å². The van der Waals surface area contributed by atoms with E-state index in [0.29, 0.717) is 19.5 Å². The number of hydrogen-bond donors (Lipinski definition) is 0.